The molecule has 0 spiro atoms. The lowest BCUT2D eigenvalue weighted by Crippen LogP contribution is -2.26. The molecule has 1 heterocycles. The van der Waals surface area contributed by atoms with Crippen molar-refractivity contribution in [1.82, 2.24) is 20.6 Å². The highest BCUT2D eigenvalue weighted by Gasteiger charge is 2.01. The second-order valence-electron chi connectivity index (χ2n) is 3.87. The van der Waals surface area contributed by atoms with Gasteiger partial charge in [-0.15, -0.1) is 0 Å². The van der Waals surface area contributed by atoms with Crippen molar-refractivity contribution in [2.75, 3.05) is 19.6 Å². The summed E-state index contributed by atoms with van der Waals surface area (Å²) in [7, 11) is 0. The lowest BCUT2D eigenvalue weighted by Gasteiger charge is -2.07. The molecule has 0 aliphatic rings. The number of nitrogens with one attached hydrogen (secondary N) is 2. The van der Waals surface area contributed by atoms with Gasteiger partial charge in [-0.05, 0) is 18.2 Å². The van der Waals surface area contributed by atoms with Crippen molar-refractivity contribution in [3.8, 4) is 0 Å². The summed E-state index contributed by atoms with van der Waals surface area (Å²) < 4.78 is 0. The molecule has 0 atom stereocenters. The molecule has 4 nitrogen and oxygen atoms in total. The number of nitrogens with zero attached hydrogens (tertiary/aromatic N) is 2. The molecule has 0 fully saturated rings. The quantitative estimate of drug-likeness (QED) is 0.735. The fourth-order valence-corrected chi connectivity index (χ4v) is 1.77. The molecular weight excluding hydrogens is 212 g/mol. The Morgan fingerprint density at radius 3 is 2.76 bits per heavy atom. The van der Waals surface area contributed by atoms with E-state index in [0.717, 1.165) is 37.2 Å². The Bertz CT molecular complexity index is 464. The molecule has 1 aromatic carbocycles. The third-order valence-electron chi connectivity index (χ3n) is 2.63. The van der Waals surface area contributed by atoms with Gasteiger partial charge >= 0.3 is 0 Å². The van der Waals surface area contributed by atoms with Crippen LogP contribution in [0.2, 0.25) is 0 Å². The molecule has 2 rings (SSSR count). The van der Waals surface area contributed by atoms with Crippen LogP contribution in [0.1, 0.15) is 12.5 Å². The van der Waals surface area contributed by atoms with E-state index in [4.69, 9.17) is 0 Å². The molecule has 0 amide bonds. The molecule has 0 bridgehead atoms. The van der Waals surface area contributed by atoms with E-state index in [1.807, 2.05) is 12.1 Å². The molecule has 0 aliphatic heterocycles. The maximum Gasteiger partial charge on any atom is 0.0931 e. The zero-order valence-electron chi connectivity index (χ0n) is 10.1. The molecule has 0 aliphatic carbocycles. The van der Waals surface area contributed by atoms with Crippen molar-refractivity contribution in [2.24, 2.45) is 0 Å². The van der Waals surface area contributed by atoms with Gasteiger partial charge in [0.15, 0.2) is 0 Å². The van der Waals surface area contributed by atoms with Gasteiger partial charge in [-0.25, -0.2) is 0 Å². The largest absolute Gasteiger partial charge is 0.316 e. The summed E-state index contributed by atoms with van der Waals surface area (Å²) in [5, 5.41) is 6.68. The number of para-hydroxylation sites is 1. The maximum atomic E-state index is 4.38. The normalized spacial score (nSPS) is 10.9. The van der Waals surface area contributed by atoms with Crippen LogP contribution in [0.25, 0.3) is 11.0 Å². The van der Waals surface area contributed by atoms with Crippen LogP contribution in [0.4, 0.5) is 0 Å². The van der Waals surface area contributed by atoms with Crippen molar-refractivity contribution in [3.05, 3.63) is 36.2 Å². The number of fused-ring (bicyclic) bond motifs is 1. The minimum atomic E-state index is 0.835. The summed E-state index contributed by atoms with van der Waals surface area (Å²) >= 11 is 0. The first-order chi connectivity index (χ1) is 8.42. The highest BCUT2D eigenvalue weighted by molar-refractivity contribution is 5.77. The summed E-state index contributed by atoms with van der Waals surface area (Å²) in [5.41, 5.74) is 3.15. The van der Waals surface area contributed by atoms with E-state index in [0.29, 0.717) is 0 Å². The van der Waals surface area contributed by atoms with Crippen LogP contribution in [0, 0.1) is 0 Å². The third-order valence-corrected chi connectivity index (χ3v) is 2.63. The van der Waals surface area contributed by atoms with Crippen LogP contribution in [0.15, 0.2) is 30.6 Å². The summed E-state index contributed by atoms with van der Waals surface area (Å²) in [5.74, 6) is 0. The highest BCUT2D eigenvalue weighted by atomic mass is 14.9. The smallest absolute Gasteiger partial charge is 0.0931 e. The van der Waals surface area contributed by atoms with E-state index in [1.165, 1.54) is 5.56 Å². The second kappa shape index (κ2) is 6.27. The van der Waals surface area contributed by atoms with Crippen LogP contribution in [-0.2, 0) is 6.54 Å². The number of benzene rings is 1. The molecule has 2 N–H and O–H groups in total. The minimum absolute atomic E-state index is 0.835. The van der Waals surface area contributed by atoms with Crippen LogP contribution < -0.4 is 10.6 Å². The van der Waals surface area contributed by atoms with Crippen molar-refractivity contribution >= 4 is 11.0 Å². The fourth-order valence-electron chi connectivity index (χ4n) is 1.77. The zero-order chi connectivity index (χ0) is 11.9. The summed E-state index contributed by atoms with van der Waals surface area (Å²) in [4.78, 5) is 8.68. The molecule has 1 aromatic heterocycles. The number of likely N-dealkylation sites (N-methyl/N-ethyl adjacent to an activating group) is 1. The van der Waals surface area contributed by atoms with Crippen LogP contribution in [0.5, 0.6) is 0 Å². The predicted octanol–water partition coefficient (Wildman–Crippen LogP) is 1.33. The van der Waals surface area contributed by atoms with E-state index in [9.17, 15) is 0 Å². The molecule has 2 aromatic rings. The highest BCUT2D eigenvalue weighted by Crippen LogP contribution is 2.13. The van der Waals surface area contributed by atoms with Crippen LogP contribution in [0.3, 0.4) is 0 Å². The number of aromatic nitrogens is 2. The number of hydrogen-bond donors (Lipinski definition) is 2. The molecule has 0 saturated carbocycles. The SMILES string of the molecule is CCNCCNCc1cccc2nccnc12. The first kappa shape index (κ1) is 12.0. The van der Waals surface area contributed by atoms with E-state index in [1.54, 1.807) is 12.4 Å². The third kappa shape index (κ3) is 3.22. The van der Waals surface area contributed by atoms with Gasteiger partial charge in [0.25, 0.3) is 0 Å². The summed E-state index contributed by atoms with van der Waals surface area (Å²) in [6, 6.07) is 6.11. The van der Waals surface area contributed by atoms with Gasteiger partial charge in [0.1, 0.15) is 0 Å². The van der Waals surface area contributed by atoms with Gasteiger partial charge in [0.2, 0.25) is 0 Å². The van der Waals surface area contributed by atoms with E-state index in [-0.39, 0.29) is 0 Å². The Hall–Kier alpha value is -1.52. The monoisotopic (exact) mass is 230 g/mol. The molecule has 0 unspecified atom stereocenters. The van der Waals surface area contributed by atoms with Gasteiger partial charge in [-0.1, -0.05) is 19.1 Å². The molecule has 4 heteroatoms. The van der Waals surface area contributed by atoms with Gasteiger partial charge in [0.05, 0.1) is 11.0 Å². The average molecular weight is 230 g/mol. The standard InChI is InChI=1S/C13H18N4/c1-2-14-6-7-15-10-11-4-3-5-12-13(11)17-9-8-16-12/h3-5,8-9,14-15H,2,6-7,10H2,1H3. The van der Waals surface area contributed by atoms with Gasteiger partial charge in [0, 0.05) is 32.0 Å². The average Bonchev–Trinajstić information content (AvgIpc) is 2.39. The Morgan fingerprint density at radius 1 is 1.06 bits per heavy atom. The lowest BCUT2D eigenvalue weighted by atomic mass is 10.1. The van der Waals surface area contributed by atoms with Crippen molar-refractivity contribution < 1.29 is 0 Å². The molecule has 17 heavy (non-hydrogen) atoms. The van der Waals surface area contributed by atoms with Crippen molar-refractivity contribution in [3.63, 3.8) is 0 Å². The Kier molecular flexibility index (Phi) is 4.41. The van der Waals surface area contributed by atoms with Crippen LogP contribution >= 0.6 is 0 Å². The first-order valence-electron chi connectivity index (χ1n) is 6.02. The second-order valence-corrected chi connectivity index (χ2v) is 3.87. The van der Waals surface area contributed by atoms with E-state index < -0.39 is 0 Å². The van der Waals surface area contributed by atoms with Gasteiger partial charge in [-0.3, -0.25) is 9.97 Å². The molecule has 90 valence electrons. The Labute approximate surface area is 101 Å². The first-order valence-corrected chi connectivity index (χ1v) is 6.02. The molecule has 0 radical (unpaired) electrons. The van der Waals surface area contributed by atoms with Crippen molar-refractivity contribution in [1.29, 1.82) is 0 Å². The topological polar surface area (TPSA) is 49.8 Å². The van der Waals surface area contributed by atoms with Gasteiger partial charge < -0.3 is 10.6 Å². The summed E-state index contributed by atoms with van der Waals surface area (Å²) in [6.07, 6.45) is 3.47. The Morgan fingerprint density at radius 2 is 1.88 bits per heavy atom. The predicted molar refractivity (Wildman–Crippen MR) is 69.8 cm³/mol. The molecule has 0 saturated heterocycles. The maximum absolute atomic E-state index is 4.38. The summed E-state index contributed by atoms with van der Waals surface area (Å²) in [6.45, 7) is 5.92. The number of hydrogen-bond acceptors (Lipinski definition) is 4. The van der Waals surface area contributed by atoms with Gasteiger partial charge in [-0.2, -0.15) is 0 Å². The zero-order valence-corrected chi connectivity index (χ0v) is 10.1. The minimum Gasteiger partial charge on any atom is -0.316 e. The van der Waals surface area contributed by atoms with Crippen molar-refractivity contribution in [2.45, 2.75) is 13.5 Å². The van der Waals surface area contributed by atoms with E-state index in [2.05, 4.69) is 33.6 Å². The number of rotatable bonds is 6. The van der Waals surface area contributed by atoms with E-state index >= 15 is 0 Å². The molecular formula is C13H18N4. The Balaban J connectivity index is 1.98. The van der Waals surface area contributed by atoms with Crippen LogP contribution in [-0.4, -0.2) is 29.6 Å². The lowest BCUT2D eigenvalue weighted by molar-refractivity contribution is 0.626. The fraction of sp³-hybridized carbons (Fsp3) is 0.385.